The van der Waals surface area contributed by atoms with Gasteiger partial charge in [-0.1, -0.05) is 162 Å². The minimum atomic E-state index is -2.52. The highest BCUT2D eigenvalue weighted by atomic mass is 32.2. The zero-order chi connectivity index (χ0) is 24.4. The molecule has 2 aliphatic heterocycles. The molecule has 0 aromatic heterocycles. The molecule has 0 unspecified atom stereocenters. The number of benzene rings is 6. The predicted molar refractivity (Wildman–Crippen MR) is 163 cm³/mol. The van der Waals surface area contributed by atoms with Gasteiger partial charge in [0.25, 0.3) is 0 Å². The van der Waals surface area contributed by atoms with Crippen LogP contribution >= 0.6 is 11.8 Å². The minimum absolute atomic E-state index is 0.247. The average molecular weight is 503 g/mol. The van der Waals surface area contributed by atoms with Crippen LogP contribution in [0.3, 0.4) is 0 Å². The van der Waals surface area contributed by atoms with Crippen LogP contribution in [0.5, 0.6) is 0 Å². The molecule has 0 fully saturated rings. The lowest BCUT2D eigenvalue weighted by Gasteiger charge is -2.45. The maximum absolute atomic E-state index is 2.52. The van der Waals surface area contributed by atoms with Crippen molar-refractivity contribution < 1.29 is 0 Å². The van der Waals surface area contributed by atoms with Crippen molar-refractivity contribution in [2.75, 3.05) is 0 Å². The second-order valence-corrected chi connectivity index (χ2v) is 14.8. The monoisotopic (exact) mass is 502 g/mol. The van der Waals surface area contributed by atoms with Crippen molar-refractivity contribution >= 4 is 74.5 Å². The van der Waals surface area contributed by atoms with Gasteiger partial charge in [-0.2, -0.15) is 0 Å². The van der Waals surface area contributed by atoms with Crippen molar-refractivity contribution in [1.29, 1.82) is 0 Å². The van der Waals surface area contributed by atoms with Gasteiger partial charge < -0.3 is 0 Å². The highest BCUT2D eigenvalue weighted by molar-refractivity contribution is 8.00. The summed E-state index contributed by atoms with van der Waals surface area (Å²) in [6.45, 7) is 0.247. The van der Waals surface area contributed by atoms with Gasteiger partial charge in [-0.25, -0.2) is 0 Å². The summed E-state index contributed by atoms with van der Waals surface area (Å²) in [5, 5.41) is 8.64. The number of fused-ring (bicyclic) bond motifs is 6. The third-order valence-corrected chi connectivity index (χ3v) is 14.4. The summed E-state index contributed by atoms with van der Waals surface area (Å²) in [6.07, 6.45) is 0. The van der Waals surface area contributed by atoms with Gasteiger partial charge >= 0.3 is 0 Å². The van der Waals surface area contributed by atoms with Gasteiger partial charge in [0.2, 0.25) is 6.71 Å². The molecule has 0 N–H and O–H groups in total. The molecule has 2 aliphatic rings. The second-order valence-electron chi connectivity index (χ2n) is 10.0. The smallest absolute Gasteiger partial charge is 0.0905 e. The van der Waals surface area contributed by atoms with Gasteiger partial charge in [-0.15, -0.1) is 0 Å². The Morgan fingerprint density at radius 2 is 1.14 bits per heavy atom. The topological polar surface area (TPSA) is 0 Å². The summed E-state index contributed by atoms with van der Waals surface area (Å²) in [5.74, 6) is 0. The molecular formula is C34H23BSSi. The third-order valence-electron chi connectivity index (χ3n) is 8.28. The Morgan fingerprint density at radius 1 is 0.486 bits per heavy atom. The first-order valence-corrected chi connectivity index (χ1v) is 15.7. The second kappa shape index (κ2) is 8.11. The Bertz CT molecular complexity index is 1770. The third kappa shape index (κ3) is 2.87. The van der Waals surface area contributed by atoms with Crippen LogP contribution in [0.4, 0.5) is 0 Å². The van der Waals surface area contributed by atoms with Crippen molar-refractivity contribution in [3.63, 3.8) is 0 Å². The molecule has 0 radical (unpaired) electrons. The molecule has 0 bridgehead atoms. The summed E-state index contributed by atoms with van der Waals surface area (Å²) in [6, 6.07) is 52.6. The Labute approximate surface area is 223 Å². The lowest BCUT2D eigenvalue weighted by molar-refractivity contribution is 1.47. The molecule has 0 saturated carbocycles. The van der Waals surface area contributed by atoms with Crippen molar-refractivity contribution in [3.05, 3.63) is 140 Å². The minimum Gasteiger partial charge on any atom is -0.0905 e. The Balaban J connectivity index is 1.54. The fraction of sp³-hybridized carbons (Fsp3) is 0. The Morgan fingerprint density at radius 3 is 1.92 bits per heavy atom. The van der Waals surface area contributed by atoms with Crippen LogP contribution in [0.15, 0.2) is 149 Å². The summed E-state index contributed by atoms with van der Waals surface area (Å²) < 4.78 is 0. The van der Waals surface area contributed by atoms with Crippen LogP contribution in [0.1, 0.15) is 0 Å². The van der Waals surface area contributed by atoms with Crippen molar-refractivity contribution in [2.45, 2.75) is 9.79 Å². The molecule has 0 nitrogen and oxygen atoms in total. The maximum atomic E-state index is 2.45. The molecule has 6 aromatic rings. The molecule has 0 aliphatic carbocycles. The van der Waals surface area contributed by atoms with Gasteiger partial charge in [0.05, 0.1) is 0 Å². The molecule has 3 heteroatoms. The van der Waals surface area contributed by atoms with Crippen LogP contribution in [-0.2, 0) is 0 Å². The van der Waals surface area contributed by atoms with E-state index in [0.717, 1.165) is 0 Å². The number of rotatable bonds is 2. The van der Waals surface area contributed by atoms with Gasteiger partial charge in [0.15, 0.2) is 8.07 Å². The van der Waals surface area contributed by atoms with Crippen LogP contribution in [0, 0.1) is 0 Å². The molecule has 2 heterocycles. The van der Waals surface area contributed by atoms with E-state index in [9.17, 15) is 0 Å². The normalized spacial score (nSPS) is 14.5. The fourth-order valence-corrected chi connectivity index (χ4v) is 13.5. The summed E-state index contributed by atoms with van der Waals surface area (Å²) in [7, 11) is -2.52. The largest absolute Gasteiger partial charge is 0.243 e. The quantitative estimate of drug-likeness (QED) is 0.326. The first kappa shape index (κ1) is 21.3. The lowest BCUT2D eigenvalue weighted by Crippen LogP contribution is -2.87. The van der Waals surface area contributed by atoms with E-state index < -0.39 is 8.07 Å². The molecule has 0 saturated heterocycles. The van der Waals surface area contributed by atoms with E-state index in [-0.39, 0.29) is 6.71 Å². The van der Waals surface area contributed by atoms with Gasteiger partial charge in [-0.05, 0) is 37.6 Å². The van der Waals surface area contributed by atoms with E-state index in [1.807, 2.05) is 11.8 Å². The van der Waals surface area contributed by atoms with E-state index in [1.54, 1.807) is 0 Å². The summed E-state index contributed by atoms with van der Waals surface area (Å²) >= 11 is 1.97. The van der Waals surface area contributed by atoms with E-state index in [0.29, 0.717) is 0 Å². The van der Waals surface area contributed by atoms with E-state index >= 15 is 0 Å². The summed E-state index contributed by atoms with van der Waals surface area (Å²) in [5.41, 5.74) is 4.44. The van der Waals surface area contributed by atoms with Crippen LogP contribution in [-0.4, -0.2) is 14.8 Å². The van der Waals surface area contributed by atoms with E-state index in [4.69, 9.17) is 0 Å². The zero-order valence-corrected chi connectivity index (χ0v) is 22.1. The highest BCUT2D eigenvalue weighted by Gasteiger charge is 2.51. The van der Waals surface area contributed by atoms with Crippen molar-refractivity contribution in [3.8, 4) is 0 Å². The first-order valence-electron chi connectivity index (χ1n) is 12.9. The SMILES string of the molecule is c1ccc([Si]2(c3ccccc3)c3ccccc3B3c4ccc5ccccc5c4Sc4cccc2c43)cc1. The van der Waals surface area contributed by atoms with Gasteiger partial charge in [-0.3, -0.25) is 0 Å². The molecule has 8 rings (SSSR count). The average Bonchev–Trinajstić information content (AvgIpc) is 2.98. The van der Waals surface area contributed by atoms with Crippen LogP contribution < -0.4 is 37.1 Å². The molecule has 0 amide bonds. The van der Waals surface area contributed by atoms with Gasteiger partial charge in [0, 0.05) is 9.79 Å². The Hall–Kier alpha value is -3.79. The predicted octanol–water partition coefficient (Wildman–Crippen LogP) is 3.51. The van der Waals surface area contributed by atoms with E-state index in [1.165, 1.54) is 57.7 Å². The molecule has 6 aromatic carbocycles. The first-order chi connectivity index (χ1) is 18.4. The van der Waals surface area contributed by atoms with E-state index in [2.05, 4.69) is 140 Å². The highest BCUT2D eigenvalue weighted by Crippen LogP contribution is 2.35. The standard InChI is InChI=1S/C34H23BSSi/c1-3-13-25(14-4-1)37(26-15-5-2-6-16-26)31-20-10-9-18-28(31)35-29-23-22-24-12-7-8-17-27(24)34(29)36-30-19-11-21-32(37)33(30)35/h1-23H. The number of hydrogen-bond acceptors (Lipinski definition) is 1. The zero-order valence-electron chi connectivity index (χ0n) is 20.3. The number of hydrogen-bond donors (Lipinski definition) is 0. The van der Waals surface area contributed by atoms with Gasteiger partial charge in [0.1, 0.15) is 0 Å². The molecular weight excluding hydrogens is 479 g/mol. The van der Waals surface area contributed by atoms with Crippen LogP contribution in [0.25, 0.3) is 10.8 Å². The van der Waals surface area contributed by atoms with Crippen molar-refractivity contribution in [1.82, 2.24) is 0 Å². The van der Waals surface area contributed by atoms with Crippen LogP contribution in [0.2, 0.25) is 0 Å². The van der Waals surface area contributed by atoms with Crippen molar-refractivity contribution in [2.24, 2.45) is 0 Å². The fourth-order valence-electron chi connectivity index (χ4n) is 6.85. The molecule has 0 spiro atoms. The summed E-state index contributed by atoms with van der Waals surface area (Å²) in [4.78, 5) is 2.82. The lowest BCUT2D eigenvalue weighted by atomic mass is 9.36. The molecule has 37 heavy (non-hydrogen) atoms. The maximum Gasteiger partial charge on any atom is 0.243 e. The Kier molecular flexibility index (Phi) is 4.67. The molecule has 172 valence electrons. The molecule has 0 atom stereocenters.